The molecule has 0 unspecified atom stereocenters. The maximum Gasteiger partial charge on any atom is 0.242 e. The van der Waals surface area contributed by atoms with Crippen LogP contribution in [0.2, 0.25) is 10.0 Å². The minimum atomic E-state index is -3.73. The predicted molar refractivity (Wildman–Crippen MR) is 84.2 cm³/mol. The lowest BCUT2D eigenvalue weighted by Gasteiger charge is -2.33. The summed E-state index contributed by atoms with van der Waals surface area (Å²) in [6.07, 6.45) is 1.62. The summed E-state index contributed by atoms with van der Waals surface area (Å²) >= 11 is 11.8. The fourth-order valence-electron chi connectivity index (χ4n) is 2.14. The van der Waals surface area contributed by atoms with Crippen molar-refractivity contribution in [3.8, 4) is 0 Å². The van der Waals surface area contributed by atoms with Gasteiger partial charge in [-0.05, 0) is 30.4 Å². The molecule has 0 aliphatic carbocycles. The summed E-state index contributed by atoms with van der Waals surface area (Å²) in [5.74, 6) is 0. The third-order valence-electron chi connectivity index (χ3n) is 3.77. The number of hydrogen-bond donors (Lipinski definition) is 2. The largest absolute Gasteiger partial charge is 0.396 e. The number of anilines is 1. The van der Waals surface area contributed by atoms with E-state index >= 15 is 0 Å². The van der Waals surface area contributed by atoms with Crippen LogP contribution in [0.1, 0.15) is 19.8 Å². The summed E-state index contributed by atoms with van der Waals surface area (Å²) in [5.41, 5.74) is 5.62. The quantitative estimate of drug-likeness (QED) is 0.816. The number of hydrogen-bond acceptors (Lipinski definition) is 4. The van der Waals surface area contributed by atoms with E-state index in [1.165, 1.54) is 12.1 Å². The smallest absolute Gasteiger partial charge is 0.242 e. The van der Waals surface area contributed by atoms with E-state index in [2.05, 4.69) is 4.72 Å². The van der Waals surface area contributed by atoms with E-state index in [-0.39, 0.29) is 26.0 Å². The van der Waals surface area contributed by atoms with Crippen molar-refractivity contribution in [3.05, 3.63) is 22.2 Å². The van der Waals surface area contributed by atoms with Gasteiger partial charge in [-0.3, -0.25) is 0 Å². The molecule has 0 radical (unpaired) electrons. The van der Waals surface area contributed by atoms with Crippen molar-refractivity contribution < 1.29 is 13.2 Å². The SMILES string of the molecule is CC1(CNS(=O)(=O)c2ccc(Cl)c(N)c2Cl)CCOCC1. The van der Waals surface area contributed by atoms with Crippen LogP contribution in [0.3, 0.4) is 0 Å². The molecule has 1 saturated heterocycles. The van der Waals surface area contributed by atoms with E-state index in [4.69, 9.17) is 33.7 Å². The Morgan fingerprint density at radius 1 is 1.33 bits per heavy atom. The molecule has 3 N–H and O–H groups in total. The zero-order chi connectivity index (χ0) is 15.7. The summed E-state index contributed by atoms with van der Waals surface area (Å²) in [6.45, 7) is 3.66. The van der Waals surface area contributed by atoms with Crippen LogP contribution in [-0.4, -0.2) is 28.2 Å². The van der Waals surface area contributed by atoms with Gasteiger partial charge in [0.25, 0.3) is 0 Å². The molecule has 0 aromatic heterocycles. The number of halogens is 2. The van der Waals surface area contributed by atoms with E-state index in [1.54, 1.807) is 0 Å². The molecule has 5 nitrogen and oxygen atoms in total. The average molecular weight is 353 g/mol. The summed E-state index contributed by atoms with van der Waals surface area (Å²) in [5, 5.41) is 0.183. The Morgan fingerprint density at radius 3 is 2.57 bits per heavy atom. The zero-order valence-corrected chi connectivity index (χ0v) is 14.0. The molecule has 0 saturated carbocycles. The molecule has 1 aliphatic rings. The highest BCUT2D eigenvalue weighted by Gasteiger charge is 2.30. The van der Waals surface area contributed by atoms with E-state index in [9.17, 15) is 8.42 Å². The monoisotopic (exact) mass is 352 g/mol. The molecule has 2 rings (SSSR count). The van der Waals surface area contributed by atoms with Gasteiger partial charge < -0.3 is 10.5 Å². The molecule has 0 amide bonds. The second kappa shape index (κ2) is 6.30. The van der Waals surface area contributed by atoms with Crippen molar-refractivity contribution in [1.29, 1.82) is 0 Å². The van der Waals surface area contributed by atoms with Gasteiger partial charge in [0, 0.05) is 19.8 Å². The molecule has 1 fully saturated rings. The minimum Gasteiger partial charge on any atom is -0.396 e. The van der Waals surface area contributed by atoms with E-state index < -0.39 is 10.0 Å². The second-order valence-corrected chi connectivity index (χ2v) is 8.04. The van der Waals surface area contributed by atoms with Crippen molar-refractivity contribution in [2.75, 3.05) is 25.5 Å². The molecule has 0 atom stereocenters. The van der Waals surface area contributed by atoms with Crippen LogP contribution < -0.4 is 10.5 Å². The zero-order valence-electron chi connectivity index (χ0n) is 11.7. The molecule has 118 valence electrons. The van der Waals surface area contributed by atoms with Crippen molar-refractivity contribution in [2.45, 2.75) is 24.7 Å². The molecular weight excluding hydrogens is 335 g/mol. The predicted octanol–water partition coefficient (Wildman–Crippen LogP) is 2.67. The van der Waals surface area contributed by atoms with Crippen molar-refractivity contribution in [3.63, 3.8) is 0 Å². The summed E-state index contributed by atoms with van der Waals surface area (Å²) in [7, 11) is -3.73. The van der Waals surface area contributed by atoms with E-state index in [1.807, 2.05) is 6.92 Å². The standard InChI is InChI=1S/C13H18Cl2N2O3S/c1-13(4-6-20-7-5-13)8-17-21(18,19)10-3-2-9(14)12(16)11(10)15/h2-3,17H,4-8,16H2,1H3. The lowest BCUT2D eigenvalue weighted by molar-refractivity contribution is 0.0265. The average Bonchev–Trinajstić information content (AvgIpc) is 2.44. The van der Waals surface area contributed by atoms with Gasteiger partial charge in [-0.15, -0.1) is 0 Å². The molecule has 0 spiro atoms. The first-order chi connectivity index (χ1) is 9.75. The molecule has 1 aromatic rings. The van der Waals surface area contributed by atoms with E-state index in [0.717, 1.165) is 12.8 Å². The van der Waals surface area contributed by atoms with Crippen LogP contribution in [0.15, 0.2) is 17.0 Å². The third-order valence-corrected chi connectivity index (χ3v) is 6.06. The first-order valence-corrected chi connectivity index (χ1v) is 8.80. The van der Waals surface area contributed by atoms with Crippen molar-refractivity contribution in [1.82, 2.24) is 4.72 Å². The van der Waals surface area contributed by atoms with Gasteiger partial charge in [0.2, 0.25) is 10.0 Å². The fraction of sp³-hybridized carbons (Fsp3) is 0.538. The maximum atomic E-state index is 12.4. The van der Waals surface area contributed by atoms with Crippen LogP contribution in [0, 0.1) is 5.41 Å². The Bertz CT molecular complexity index is 629. The summed E-state index contributed by atoms with van der Waals surface area (Å²) in [4.78, 5) is -0.0540. The van der Waals surface area contributed by atoms with Crippen LogP contribution in [0.25, 0.3) is 0 Å². The Hall–Kier alpha value is -0.530. The number of nitrogens with one attached hydrogen (secondary N) is 1. The molecule has 1 aliphatic heterocycles. The molecule has 1 aromatic carbocycles. The van der Waals surface area contributed by atoms with Gasteiger partial charge in [0.05, 0.1) is 15.7 Å². The Morgan fingerprint density at radius 2 is 1.95 bits per heavy atom. The first-order valence-electron chi connectivity index (χ1n) is 6.56. The topological polar surface area (TPSA) is 81.4 Å². The molecule has 8 heteroatoms. The molecule has 1 heterocycles. The first kappa shape index (κ1) is 16.8. The Kier molecular flexibility index (Phi) is 5.05. The number of rotatable bonds is 4. The molecule has 21 heavy (non-hydrogen) atoms. The second-order valence-electron chi connectivity index (χ2n) is 5.52. The minimum absolute atomic E-state index is 0.0490. The lowest BCUT2D eigenvalue weighted by atomic mass is 9.83. The number of ether oxygens (including phenoxy) is 1. The molecular formula is C13H18Cl2N2O3S. The maximum absolute atomic E-state index is 12.4. The van der Waals surface area contributed by atoms with Crippen LogP contribution in [0.5, 0.6) is 0 Å². The van der Waals surface area contributed by atoms with Gasteiger partial charge in [-0.25, -0.2) is 13.1 Å². The molecule has 0 bridgehead atoms. The van der Waals surface area contributed by atoms with Gasteiger partial charge in [0.15, 0.2) is 0 Å². The van der Waals surface area contributed by atoms with Crippen molar-refractivity contribution >= 4 is 38.9 Å². The lowest BCUT2D eigenvalue weighted by Crippen LogP contribution is -2.39. The summed E-state index contributed by atoms with van der Waals surface area (Å²) in [6, 6.07) is 2.78. The van der Waals surface area contributed by atoms with Crippen molar-refractivity contribution in [2.24, 2.45) is 5.41 Å². The van der Waals surface area contributed by atoms with Crippen LogP contribution >= 0.6 is 23.2 Å². The van der Waals surface area contributed by atoms with Gasteiger partial charge in [-0.2, -0.15) is 0 Å². The highest BCUT2D eigenvalue weighted by molar-refractivity contribution is 7.89. The van der Waals surface area contributed by atoms with Gasteiger partial charge >= 0.3 is 0 Å². The number of benzene rings is 1. The van der Waals surface area contributed by atoms with Gasteiger partial charge in [-0.1, -0.05) is 30.1 Å². The Balaban J connectivity index is 2.17. The normalized spacial score (nSPS) is 18.6. The number of sulfonamides is 1. The van der Waals surface area contributed by atoms with E-state index in [0.29, 0.717) is 19.8 Å². The number of nitrogen functional groups attached to an aromatic ring is 1. The third kappa shape index (κ3) is 3.81. The highest BCUT2D eigenvalue weighted by atomic mass is 35.5. The Labute approximate surface area is 134 Å². The van der Waals surface area contributed by atoms with Crippen LogP contribution in [-0.2, 0) is 14.8 Å². The van der Waals surface area contributed by atoms with Gasteiger partial charge in [0.1, 0.15) is 4.90 Å². The fourth-order valence-corrected chi connectivity index (χ4v) is 4.11. The number of nitrogens with two attached hydrogens (primary N) is 1. The summed E-state index contributed by atoms with van der Waals surface area (Å²) < 4.78 is 32.7. The van der Waals surface area contributed by atoms with Crippen LogP contribution in [0.4, 0.5) is 5.69 Å². The highest BCUT2D eigenvalue weighted by Crippen LogP contribution is 2.34.